The van der Waals surface area contributed by atoms with E-state index in [-0.39, 0.29) is 24.2 Å². The summed E-state index contributed by atoms with van der Waals surface area (Å²) in [6.07, 6.45) is 3.24. The van der Waals surface area contributed by atoms with Crippen molar-refractivity contribution in [2.75, 3.05) is 42.5 Å². The smallest absolute Gasteiger partial charge is 0.228 e. The molecule has 2 fully saturated rings. The summed E-state index contributed by atoms with van der Waals surface area (Å²) >= 11 is 5.94. The van der Waals surface area contributed by atoms with Gasteiger partial charge >= 0.3 is 0 Å². The lowest BCUT2D eigenvalue weighted by Gasteiger charge is -2.36. The van der Waals surface area contributed by atoms with Crippen molar-refractivity contribution in [3.8, 4) is 5.82 Å². The van der Waals surface area contributed by atoms with Gasteiger partial charge in [-0.1, -0.05) is 11.6 Å². The predicted octanol–water partition coefficient (Wildman–Crippen LogP) is 1.41. The van der Waals surface area contributed by atoms with E-state index < -0.39 is 0 Å². The minimum Gasteiger partial charge on any atom is -0.352 e. The highest BCUT2D eigenvalue weighted by molar-refractivity contribution is 6.30. The molecule has 0 aliphatic carbocycles. The molecule has 0 N–H and O–H groups in total. The summed E-state index contributed by atoms with van der Waals surface area (Å²) in [6, 6.07) is 10.8. The highest BCUT2D eigenvalue weighted by Gasteiger charge is 2.38. The van der Waals surface area contributed by atoms with Crippen LogP contribution in [0.5, 0.6) is 0 Å². The van der Waals surface area contributed by atoms with E-state index in [1.807, 2.05) is 17.0 Å². The van der Waals surface area contributed by atoms with Gasteiger partial charge in [-0.3, -0.25) is 9.59 Å². The minimum atomic E-state index is -0.327. The molecule has 10 nitrogen and oxygen atoms in total. The Morgan fingerprint density at radius 3 is 2.34 bits per heavy atom. The molecule has 1 atom stereocenters. The van der Waals surface area contributed by atoms with Gasteiger partial charge in [0.15, 0.2) is 11.6 Å². The Morgan fingerprint density at radius 2 is 1.69 bits per heavy atom. The molecule has 3 aromatic rings. The zero-order valence-corrected chi connectivity index (χ0v) is 18.0. The molecule has 0 radical (unpaired) electrons. The first-order valence-corrected chi connectivity index (χ1v) is 10.7. The van der Waals surface area contributed by atoms with E-state index in [0.717, 1.165) is 11.5 Å². The number of rotatable bonds is 4. The number of nitrogens with zero attached hydrogens (tertiary/aromatic N) is 8. The first-order chi connectivity index (χ1) is 15.6. The Morgan fingerprint density at radius 1 is 0.969 bits per heavy atom. The molecule has 2 aromatic heterocycles. The summed E-state index contributed by atoms with van der Waals surface area (Å²) in [5.41, 5.74) is 0.771. The van der Waals surface area contributed by atoms with Crippen molar-refractivity contribution in [2.45, 2.75) is 6.42 Å². The number of benzene rings is 1. The first-order valence-electron chi connectivity index (χ1n) is 10.4. The van der Waals surface area contributed by atoms with Crippen molar-refractivity contribution in [3.63, 3.8) is 0 Å². The van der Waals surface area contributed by atoms with Crippen LogP contribution in [0.2, 0.25) is 5.02 Å². The summed E-state index contributed by atoms with van der Waals surface area (Å²) in [7, 11) is 0. The van der Waals surface area contributed by atoms with E-state index >= 15 is 0 Å². The highest BCUT2D eigenvalue weighted by atomic mass is 35.5. The van der Waals surface area contributed by atoms with Crippen LogP contribution in [0.15, 0.2) is 49.1 Å². The van der Waals surface area contributed by atoms with Gasteiger partial charge in [-0.05, 0) is 36.4 Å². The molecular weight excluding hydrogens is 432 g/mol. The number of anilines is 2. The zero-order chi connectivity index (χ0) is 22.1. The lowest BCUT2D eigenvalue weighted by molar-refractivity contribution is -0.136. The standard InChI is InChI=1S/C21H21ClN8O2/c22-16-1-3-17(4-2-16)29-12-15(11-20(29)31)21(32)28-9-7-27(8-10-28)18-5-6-19(26-25-18)30-14-23-13-24-30/h1-6,13-15H,7-12H2. The normalized spacial score (nSPS) is 19.0. The molecule has 164 valence electrons. The minimum absolute atomic E-state index is 0.0297. The van der Waals surface area contributed by atoms with Gasteiger partial charge in [0.2, 0.25) is 11.8 Å². The zero-order valence-electron chi connectivity index (χ0n) is 17.2. The van der Waals surface area contributed by atoms with Crippen LogP contribution in [-0.2, 0) is 9.59 Å². The fourth-order valence-electron chi connectivity index (χ4n) is 4.09. The summed E-state index contributed by atoms with van der Waals surface area (Å²) in [5.74, 6) is 1.02. The van der Waals surface area contributed by atoms with Crippen molar-refractivity contribution >= 4 is 34.9 Å². The van der Waals surface area contributed by atoms with Gasteiger partial charge in [0.05, 0.1) is 5.92 Å². The van der Waals surface area contributed by atoms with Crippen molar-refractivity contribution in [3.05, 3.63) is 54.1 Å². The van der Waals surface area contributed by atoms with Gasteiger partial charge in [-0.15, -0.1) is 10.2 Å². The molecule has 32 heavy (non-hydrogen) atoms. The fourth-order valence-corrected chi connectivity index (χ4v) is 4.22. The molecule has 5 rings (SSSR count). The van der Waals surface area contributed by atoms with Crippen LogP contribution in [0, 0.1) is 5.92 Å². The maximum Gasteiger partial charge on any atom is 0.228 e. The van der Waals surface area contributed by atoms with Gasteiger partial charge in [0, 0.05) is 49.9 Å². The number of piperazine rings is 1. The van der Waals surface area contributed by atoms with Crippen LogP contribution in [-0.4, -0.2) is 74.4 Å². The maximum absolute atomic E-state index is 13.1. The van der Waals surface area contributed by atoms with Crippen LogP contribution in [0.3, 0.4) is 0 Å². The topological polar surface area (TPSA) is 100 Å². The van der Waals surface area contributed by atoms with Crippen molar-refractivity contribution in [2.24, 2.45) is 5.92 Å². The Balaban J connectivity index is 1.18. The Kier molecular flexibility index (Phi) is 5.44. The first kappa shape index (κ1) is 20.4. The summed E-state index contributed by atoms with van der Waals surface area (Å²) < 4.78 is 1.55. The number of carbonyl (C=O) groups is 2. The maximum atomic E-state index is 13.1. The molecule has 1 aromatic carbocycles. The molecule has 2 aliphatic heterocycles. The third kappa shape index (κ3) is 4.01. The molecule has 11 heteroatoms. The van der Waals surface area contributed by atoms with Crippen molar-refractivity contribution in [1.82, 2.24) is 29.9 Å². The predicted molar refractivity (Wildman–Crippen MR) is 118 cm³/mol. The van der Waals surface area contributed by atoms with Crippen LogP contribution >= 0.6 is 11.6 Å². The van der Waals surface area contributed by atoms with Crippen LogP contribution in [0.1, 0.15) is 6.42 Å². The van der Waals surface area contributed by atoms with Gasteiger partial charge in [-0.25, -0.2) is 9.67 Å². The molecule has 1 unspecified atom stereocenters. The van der Waals surface area contributed by atoms with Crippen LogP contribution in [0.25, 0.3) is 5.82 Å². The van der Waals surface area contributed by atoms with E-state index in [0.29, 0.717) is 43.6 Å². The van der Waals surface area contributed by atoms with Gasteiger partial charge in [-0.2, -0.15) is 5.10 Å². The molecule has 4 heterocycles. The summed E-state index contributed by atoms with van der Waals surface area (Å²) in [6.45, 7) is 2.87. The number of hydrogen-bond acceptors (Lipinski definition) is 7. The third-order valence-electron chi connectivity index (χ3n) is 5.82. The second-order valence-electron chi connectivity index (χ2n) is 7.78. The summed E-state index contributed by atoms with van der Waals surface area (Å²) in [4.78, 5) is 35.1. The second-order valence-corrected chi connectivity index (χ2v) is 8.22. The van der Waals surface area contributed by atoms with Crippen LogP contribution in [0.4, 0.5) is 11.5 Å². The van der Waals surface area contributed by atoms with E-state index in [2.05, 4.69) is 25.2 Å². The van der Waals surface area contributed by atoms with E-state index in [4.69, 9.17) is 11.6 Å². The number of amides is 2. The van der Waals surface area contributed by atoms with E-state index in [1.54, 1.807) is 40.2 Å². The third-order valence-corrected chi connectivity index (χ3v) is 6.07. The number of aromatic nitrogens is 5. The van der Waals surface area contributed by atoms with Crippen molar-refractivity contribution in [1.29, 1.82) is 0 Å². The second kappa shape index (κ2) is 8.54. The van der Waals surface area contributed by atoms with Gasteiger partial charge in [0.25, 0.3) is 0 Å². The van der Waals surface area contributed by atoms with Crippen molar-refractivity contribution < 1.29 is 9.59 Å². The Bertz CT molecular complexity index is 1100. The number of carbonyl (C=O) groups excluding carboxylic acids is 2. The van der Waals surface area contributed by atoms with E-state index in [9.17, 15) is 9.59 Å². The Hall–Kier alpha value is -3.53. The average molecular weight is 453 g/mol. The molecular formula is C21H21ClN8O2. The largest absolute Gasteiger partial charge is 0.352 e. The van der Waals surface area contributed by atoms with Gasteiger partial charge in [0.1, 0.15) is 12.7 Å². The lowest BCUT2D eigenvalue weighted by Crippen LogP contribution is -2.51. The molecule has 2 amide bonds. The molecule has 0 bridgehead atoms. The monoisotopic (exact) mass is 452 g/mol. The molecule has 2 saturated heterocycles. The van der Waals surface area contributed by atoms with Gasteiger partial charge < -0.3 is 14.7 Å². The fraction of sp³-hybridized carbons (Fsp3) is 0.333. The molecule has 0 saturated carbocycles. The highest BCUT2D eigenvalue weighted by Crippen LogP contribution is 2.28. The SMILES string of the molecule is O=C(C1CC(=O)N(c2ccc(Cl)cc2)C1)N1CCN(c2ccc(-n3cncn3)nn2)CC1. The Labute approximate surface area is 189 Å². The molecule has 2 aliphatic rings. The average Bonchev–Trinajstić information content (AvgIpc) is 3.50. The van der Waals surface area contributed by atoms with E-state index in [1.165, 1.54) is 6.33 Å². The quantitative estimate of drug-likeness (QED) is 0.590. The summed E-state index contributed by atoms with van der Waals surface area (Å²) in [5, 5.41) is 13.1. The lowest BCUT2D eigenvalue weighted by atomic mass is 10.1. The van der Waals surface area contributed by atoms with Crippen LogP contribution < -0.4 is 9.80 Å². The number of hydrogen-bond donors (Lipinski definition) is 0. The number of halogens is 1. The molecule has 0 spiro atoms.